The van der Waals surface area contributed by atoms with Crippen molar-refractivity contribution in [2.24, 2.45) is 0 Å². The highest BCUT2D eigenvalue weighted by Crippen LogP contribution is 2.05. The molecule has 0 spiro atoms. The largest absolute Gasteiger partial charge is 0.232 e. The summed E-state index contributed by atoms with van der Waals surface area (Å²) in [6, 6.07) is 0. The van der Waals surface area contributed by atoms with Gasteiger partial charge in [-0.3, -0.25) is 0 Å². The molecule has 0 rings (SSSR count). The summed E-state index contributed by atoms with van der Waals surface area (Å²) in [6.07, 6.45) is 7.74. The van der Waals surface area contributed by atoms with Crippen molar-refractivity contribution in [3.05, 3.63) is 12.2 Å². The van der Waals surface area contributed by atoms with Crippen molar-refractivity contribution in [2.45, 2.75) is 32.6 Å². The molecule has 72 valence electrons. The summed E-state index contributed by atoms with van der Waals surface area (Å²) in [4.78, 5) is 0. The van der Waals surface area contributed by atoms with Crippen molar-refractivity contribution < 1.29 is 8.42 Å². The summed E-state index contributed by atoms with van der Waals surface area (Å²) in [5.74, 6) is 0.102. The number of allylic oxidation sites excluding steroid dienone is 2. The molecule has 0 aromatic rings. The number of hydrogen-bond donors (Lipinski definition) is 0. The van der Waals surface area contributed by atoms with Crippen molar-refractivity contribution in [3.63, 3.8) is 0 Å². The Morgan fingerprint density at radius 3 is 2.42 bits per heavy atom. The van der Waals surface area contributed by atoms with E-state index in [0.29, 0.717) is 6.42 Å². The number of rotatable bonds is 6. The van der Waals surface area contributed by atoms with Crippen LogP contribution in [0.25, 0.3) is 0 Å². The molecule has 12 heavy (non-hydrogen) atoms. The van der Waals surface area contributed by atoms with Gasteiger partial charge in [0.25, 0.3) is 0 Å². The molecule has 0 fully saturated rings. The van der Waals surface area contributed by atoms with Crippen LogP contribution in [0.4, 0.5) is 0 Å². The van der Waals surface area contributed by atoms with Gasteiger partial charge in [-0.25, -0.2) is 8.42 Å². The molecular weight excluding hydrogens is 196 g/mol. The molecule has 0 aliphatic heterocycles. The summed E-state index contributed by atoms with van der Waals surface area (Å²) in [5.41, 5.74) is 0. The van der Waals surface area contributed by atoms with Crippen LogP contribution in [0.1, 0.15) is 32.6 Å². The fourth-order valence-corrected chi connectivity index (χ4v) is 1.76. The Morgan fingerprint density at radius 2 is 1.92 bits per heavy atom. The maximum Gasteiger partial charge on any atom is 0.232 e. The van der Waals surface area contributed by atoms with Crippen LogP contribution in [0.15, 0.2) is 12.2 Å². The minimum absolute atomic E-state index is 0.102. The molecule has 0 atom stereocenters. The highest BCUT2D eigenvalue weighted by atomic mass is 35.7. The van der Waals surface area contributed by atoms with Gasteiger partial charge in [-0.2, -0.15) is 0 Å². The van der Waals surface area contributed by atoms with Gasteiger partial charge in [-0.15, -0.1) is 0 Å². The molecule has 0 unspecified atom stereocenters. The normalized spacial score (nSPS) is 12.5. The predicted octanol–water partition coefficient (Wildman–Crippen LogP) is 2.69. The molecule has 0 heterocycles. The van der Waals surface area contributed by atoms with E-state index in [2.05, 4.69) is 6.08 Å². The van der Waals surface area contributed by atoms with E-state index in [1.165, 1.54) is 0 Å². The summed E-state index contributed by atoms with van der Waals surface area (Å²) < 4.78 is 20.9. The first-order chi connectivity index (χ1) is 5.56. The quantitative estimate of drug-likeness (QED) is 0.384. The van der Waals surface area contributed by atoms with Gasteiger partial charge in [0.05, 0.1) is 5.75 Å². The van der Waals surface area contributed by atoms with Crippen LogP contribution in [0.2, 0.25) is 0 Å². The van der Waals surface area contributed by atoms with Gasteiger partial charge in [0.15, 0.2) is 0 Å². The zero-order chi connectivity index (χ0) is 9.45. The van der Waals surface area contributed by atoms with E-state index in [1.54, 1.807) is 0 Å². The molecule has 0 radical (unpaired) electrons. The fraction of sp³-hybridized carbons (Fsp3) is 0.750. The minimum atomic E-state index is -3.26. The molecule has 2 nitrogen and oxygen atoms in total. The lowest BCUT2D eigenvalue weighted by Gasteiger charge is -1.95. The van der Waals surface area contributed by atoms with E-state index in [0.717, 1.165) is 19.3 Å². The second-order valence-electron chi connectivity index (χ2n) is 2.66. The van der Waals surface area contributed by atoms with Gasteiger partial charge in [-0.1, -0.05) is 18.6 Å². The smallest absolute Gasteiger partial charge is 0.212 e. The maximum absolute atomic E-state index is 10.5. The highest BCUT2D eigenvalue weighted by molar-refractivity contribution is 8.13. The predicted molar refractivity (Wildman–Crippen MR) is 52.9 cm³/mol. The summed E-state index contributed by atoms with van der Waals surface area (Å²) >= 11 is 0. The second-order valence-corrected chi connectivity index (χ2v) is 5.56. The molecular formula is C8H15ClO2S. The topological polar surface area (TPSA) is 34.1 Å². The molecule has 0 saturated heterocycles. The third-order valence-electron chi connectivity index (χ3n) is 1.49. The Hall–Kier alpha value is -0.0200. The van der Waals surface area contributed by atoms with Crippen LogP contribution in [0.3, 0.4) is 0 Å². The third-order valence-corrected chi connectivity index (χ3v) is 2.73. The lowest BCUT2D eigenvalue weighted by Crippen LogP contribution is -1.96. The van der Waals surface area contributed by atoms with Crippen molar-refractivity contribution >= 4 is 19.7 Å². The number of halogens is 1. The molecule has 0 saturated carbocycles. The third kappa shape index (κ3) is 9.98. The Bertz CT molecular complexity index is 219. The van der Waals surface area contributed by atoms with Crippen LogP contribution in [-0.2, 0) is 9.05 Å². The van der Waals surface area contributed by atoms with E-state index in [4.69, 9.17) is 10.7 Å². The zero-order valence-corrected chi connectivity index (χ0v) is 8.87. The average Bonchev–Trinajstić information content (AvgIpc) is 1.94. The van der Waals surface area contributed by atoms with Gasteiger partial charge in [0, 0.05) is 10.7 Å². The number of unbranched alkanes of at least 4 members (excludes halogenated alkanes) is 3. The standard InChI is InChI=1S/C8H15ClO2S/c1-2-3-4-5-6-7-8-12(9,10)11/h2-3H,4-8H2,1H3/b3-2+. The highest BCUT2D eigenvalue weighted by Gasteiger charge is 2.02. The Labute approximate surface area is 79.0 Å². The first-order valence-corrected chi connectivity index (χ1v) is 6.57. The SMILES string of the molecule is C/C=C/CCCCCS(=O)(=O)Cl. The number of hydrogen-bond acceptors (Lipinski definition) is 2. The second kappa shape index (κ2) is 6.49. The van der Waals surface area contributed by atoms with Gasteiger partial charge < -0.3 is 0 Å². The van der Waals surface area contributed by atoms with E-state index >= 15 is 0 Å². The van der Waals surface area contributed by atoms with Crippen molar-refractivity contribution in [1.29, 1.82) is 0 Å². The van der Waals surface area contributed by atoms with E-state index < -0.39 is 9.05 Å². The van der Waals surface area contributed by atoms with E-state index in [9.17, 15) is 8.42 Å². The van der Waals surface area contributed by atoms with Gasteiger partial charge in [-0.05, 0) is 26.2 Å². The average molecular weight is 211 g/mol. The molecule has 0 amide bonds. The van der Waals surface area contributed by atoms with Crippen LogP contribution in [0, 0.1) is 0 Å². The molecule has 0 aliphatic rings. The van der Waals surface area contributed by atoms with Gasteiger partial charge >= 0.3 is 0 Å². The van der Waals surface area contributed by atoms with Crippen LogP contribution < -0.4 is 0 Å². The molecule has 0 bridgehead atoms. The fourth-order valence-electron chi connectivity index (χ4n) is 0.880. The van der Waals surface area contributed by atoms with Crippen molar-refractivity contribution in [2.75, 3.05) is 5.75 Å². The van der Waals surface area contributed by atoms with Crippen molar-refractivity contribution in [3.8, 4) is 0 Å². The molecule has 4 heteroatoms. The minimum Gasteiger partial charge on any atom is -0.212 e. The molecule has 0 aromatic carbocycles. The zero-order valence-electron chi connectivity index (χ0n) is 7.29. The van der Waals surface area contributed by atoms with Crippen LogP contribution in [-0.4, -0.2) is 14.2 Å². The maximum atomic E-state index is 10.5. The molecule has 0 N–H and O–H groups in total. The first kappa shape index (κ1) is 12.0. The monoisotopic (exact) mass is 210 g/mol. The van der Waals surface area contributed by atoms with E-state index in [1.807, 2.05) is 13.0 Å². The Balaban J connectivity index is 3.23. The molecule has 0 aliphatic carbocycles. The summed E-state index contributed by atoms with van der Waals surface area (Å²) in [7, 11) is 1.77. The van der Waals surface area contributed by atoms with Crippen LogP contribution in [0.5, 0.6) is 0 Å². The van der Waals surface area contributed by atoms with Crippen molar-refractivity contribution in [1.82, 2.24) is 0 Å². The van der Waals surface area contributed by atoms with Gasteiger partial charge in [0.1, 0.15) is 0 Å². The summed E-state index contributed by atoms with van der Waals surface area (Å²) in [5, 5.41) is 0. The molecule has 0 aromatic heterocycles. The van der Waals surface area contributed by atoms with Crippen LogP contribution >= 0.6 is 10.7 Å². The Kier molecular flexibility index (Phi) is 6.48. The first-order valence-electron chi connectivity index (χ1n) is 4.10. The lowest BCUT2D eigenvalue weighted by atomic mass is 10.2. The Morgan fingerprint density at radius 1 is 1.25 bits per heavy atom. The van der Waals surface area contributed by atoms with E-state index in [-0.39, 0.29) is 5.75 Å². The lowest BCUT2D eigenvalue weighted by molar-refractivity contribution is 0.603. The van der Waals surface area contributed by atoms with Gasteiger partial charge in [0.2, 0.25) is 9.05 Å². The summed E-state index contributed by atoms with van der Waals surface area (Å²) in [6.45, 7) is 1.98.